The van der Waals surface area contributed by atoms with Crippen LogP contribution in [0.1, 0.15) is 81.4 Å². The molecule has 4 aromatic rings. The van der Waals surface area contributed by atoms with Gasteiger partial charge in [0.15, 0.2) is 11.6 Å². The maximum atomic E-state index is 5.04. The van der Waals surface area contributed by atoms with Crippen LogP contribution in [0, 0.1) is 0 Å². The lowest BCUT2D eigenvalue weighted by molar-refractivity contribution is 0.426. The fourth-order valence-electron chi connectivity index (χ4n) is 4.75. The van der Waals surface area contributed by atoms with Gasteiger partial charge in [-0.1, -0.05) is 81.6 Å². The smallest absolute Gasteiger partial charge is 0.180 e. The predicted octanol–water partition coefficient (Wildman–Crippen LogP) is 5.73. The van der Waals surface area contributed by atoms with Crippen molar-refractivity contribution in [2.24, 2.45) is 0 Å². The summed E-state index contributed by atoms with van der Waals surface area (Å²) in [6.07, 6.45) is 7.44. The molecule has 2 heterocycles. The largest absolute Gasteiger partial charge is 0.245 e. The number of nitrogens with zero attached hydrogens (tertiary/aromatic N) is 6. The van der Waals surface area contributed by atoms with Crippen molar-refractivity contribution < 1.29 is 0 Å². The molecule has 0 spiro atoms. The van der Waals surface area contributed by atoms with Gasteiger partial charge in [0, 0.05) is 17.4 Å². The Balaban J connectivity index is 1.40. The first-order valence-electron chi connectivity index (χ1n) is 12.1. The summed E-state index contributed by atoms with van der Waals surface area (Å²) in [5, 5.41) is 19.4. The van der Waals surface area contributed by atoms with E-state index >= 15 is 0 Å². The second-order valence-corrected chi connectivity index (χ2v) is 9.12. The van der Waals surface area contributed by atoms with Crippen molar-refractivity contribution in [2.45, 2.75) is 70.8 Å². The fourth-order valence-corrected chi connectivity index (χ4v) is 4.75. The Bertz CT molecular complexity index is 1170. The molecule has 2 aromatic heterocycles. The Morgan fingerprint density at radius 1 is 1.00 bits per heavy atom. The van der Waals surface area contributed by atoms with Crippen molar-refractivity contribution >= 4 is 0 Å². The molecule has 2 aromatic carbocycles. The van der Waals surface area contributed by atoms with Crippen LogP contribution in [-0.2, 0) is 6.54 Å². The Labute approximate surface area is 194 Å². The number of hydrogen-bond acceptors (Lipinski definition) is 5. The highest BCUT2D eigenvalue weighted by atomic mass is 15.5. The average Bonchev–Trinajstić information content (AvgIpc) is 3.55. The highest BCUT2D eigenvalue weighted by Crippen LogP contribution is 2.33. The third kappa shape index (κ3) is 4.58. The van der Waals surface area contributed by atoms with Crippen molar-refractivity contribution in [1.29, 1.82) is 0 Å². The lowest BCUT2D eigenvalue weighted by atomic mass is 9.89. The zero-order valence-corrected chi connectivity index (χ0v) is 19.4. The van der Waals surface area contributed by atoms with Gasteiger partial charge in [-0.2, -0.15) is 5.10 Å². The molecule has 7 heteroatoms. The zero-order chi connectivity index (χ0) is 22.6. The predicted molar refractivity (Wildman–Crippen MR) is 129 cm³/mol. The minimum absolute atomic E-state index is 0.400. The van der Waals surface area contributed by atoms with Crippen LogP contribution in [0.4, 0.5) is 0 Å². The van der Waals surface area contributed by atoms with E-state index in [0.29, 0.717) is 17.7 Å². The summed E-state index contributed by atoms with van der Waals surface area (Å²) in [4.78, 5) is 5.04. The van der Waals surface area contributed by atoms with Crippen molar-refractivity contribution in [1.82, 2.24) is 35.4 Å². The summed E-state index contributed by atoms with van der Waals surface area (Å²) in [6.45, 7) is 5.22. The summed E-state index contributed by atoms with van der Waals surface area (Å²) >= 11 is 0. The lowest BCUT2D eigenvalue weighted by Crippen LogP contribution is -2.10. The lowest BCUT2D eigenvalue weighted by Gasteiger charge is -2.18. The molecule has 1 aliphatic carbocycles. The summed E-state index contributed by atoms with van der Waals surface area (Å²) in [6, 6.07) is 16.9. The molecule has 1 unspecified atom stereocenters. The molecule has 1 atom stereocenters. The van der Waals surface area contributed by atoms with Crippen LogP contribution < -0.4 is 0 Å². The number of aromatic amines is 1. The van der Waals surface area contributed by atoms with Crippen LogP contribution in [0.3, 0.4) is 0 Å². The number of rotatable bonds is 7. The molecule has 170 valence electrons. The van der Waals surface area contributed by atoms with E-state index in [1.807, 2.05) is 18.2 Å². The van der Waals surface area contributed by atoms with Crippen LogP contribution in [0.2, 0.25) is 0 Å². The Hall–Kier alpha value is -3.35. The molecular formula is C26H31N7. The number of nitrogens with one attached hydrogen (secondary N) is 1. The van der Waals surface area contributed by atoms with Crippen LogP contribution in [0.5, 0.6) is 0 Å². The number of hydrogen-bond donors (Lipinski definition) is 1. The average molecular weight is 442 g/mol. The molecule has 0 radical (unpaired) electrons. The van der Waals surface area contributed by atoms with Gasteiger partial charge in [-0.15, -0.1) is 5.10 Å². The van der Waals surface area contributed by atoms with Gasteiger partial charge in [-0.3, -0.25) is 0 Å². The highest BCUT2D eigenvalue weighted by molar-refractivity contribution is 5.80. The Morgan fingerprint density at radius 2 is 1.76 bits per heavy atom. The normalized spacial score (nSPS) is 15.6. The van der Waals surface area contributed by atoms with Gasteiger partial charge in [-0.05, 0) is 46.4 Å². The molecule has 0 amide bonds. The fraction of sp³-hybridized carbons (Fsp3) is 0.423. The molecule has 0 bridgehead atoms. The van der Waals surface area contributed by atoms with Gasteiger partial charge in [0.1, 0.15) is 5.82 Å². The standard InChI is InChI=1S/C26H31N7/c1-3-18(2)26-27-24(21-9-5-4-6-10-21)30-33(26)17-19-13-15-20(16-14-19)22-11-7-8-12-23(22)25-28-31-32-29-25/h7-8,11-16,18,21H,3-6,9-10,17H2,1-2H3,(H,28,29,31,32). The number of aromatic nitrogens is 7. The minimum atomic E-state index is 0.400. The first-order chi connectivity index (χ1) is 16.2. The zero-order valence-electron chi connectivity index (χ0n) is 19.4. The first-order valence-corrected chi connectivity index (χ1v) is 12.1. The third-order valence-electron chi connectivity index (χ3n) is 6.86. The molecule has 0 aliphatic heterocycles. The number of H-pyrrole nitrogens is 1. The van der Waals surface area contributed by atoms with Gasteiger partial charge in [0.25, 0.3) is 0 Å². The summed E-state index contributed by atoms with van der Waals surface area (Å²) in [5.74, 6) is 3.76. The van der Waals surface area contributed by atoms with Crippen molar-refractivity contribution in [3.05, 3.63) is 65.7 Å². The second kappa shape index (κ2) is 9.65. The molecule has 5 rings (SSSR count). The van der Waals surface area contributed by atoms with Crippen molar-refractivity contribution in [3.8, 4) is 22.5 Å². The van der Waals surface area contributed by atoms with Crippen molar-refractivity contribution in [3.63, 3.8) is 0 Å². The molecule has 33 heavy (non-hydrogen) atoms. The van der Waals surface area contributed by atoms with Crippen LogP contribution in [-0.4, -0.2) is 35.4 Å². The maximum absolute atomic E-state index is 5.04. The molecule has 1 fully saturated rings. The number of tetrazole rings is 1. The van der Waals surface area contributed by atoms with Gasteiger partial charge in [-0.25, -0.2) is 14.8 Å². The molecule has 0 saturated heterocycles. The maximum Gasteiger partial charge on any atom is 0.180 e. The Morgan fingerprint density at radius 3 is 2.45 bits per heavy atom. The van der Waals surface area contributed by atoms with Crippen LogP contribution in [0.15, 0.2) is 48.5 Å². The van der Waals surface area contributed by atoms with E-state index in [0.717, 1.165) is 41.3 Å². The number of benzene rings is 2. The molecule has 1 aliphatic rings. The highest BCUT2D eigenvalue weighted by Gasteiger charge is 2.23. The summed E-state index contributed by atoms with van der Waals surface area (Å²) in [5.41, 5.74) is 4.45. The van der Waals surface area contributed by atoms with E-state index < -0.39 is 0 Å². The van der Waals surface area contributed by atoms with E-state index in [1.165, 1.54) is 37.7 Å². The van der Waals surface area contributed by atoms with E-state index in [2.05, 4.69) is 69.5 Å². The second-order valence-electron chi connectivity index (χ2n) is 9.12. The van der Waals surface area contributed by atoms with Crippen LogP contribution in [0.25, 0.3) is 22.5 Å². The molecule has 7 nitrogen and oxygen atoms in total. The van der Waals surface area contributed by atoms with E-state index in [4.69, 9.17) is 10.1 Å². The third-order valence-corrected chi connectivity index (χ3v) is 6.86. The summed E-state index contributed by atoms with van der Waals surface area (Å²) in [7, 11) is 0. The van der Waals surface area contributed by atoms with Crippen LogP contribution >= 0.6 is 0 Å². The monoisotopic (exact) mass is 441 g/mol. The van der Waals surface area contributed by atoms with Gasteiger partial charge < -0.3 is 0 Å². The molecule has 1 saturated carbocycles. The quantitative estimate of drug-likeness (QED) is 0.395. The van der Waals surface area contributed by atoms with Gasteiger partial charge in [0.05, 0.1) is 6.54 Å². The molecular weight excluding hydrogens is 410 g/mol. The minimum Gasteiger partial charge on any atom is -0.245 e. The topological polar surface area (TPSA) is 85.2 Å². The Kier molecular flexibility index (Phi) is 6.28. The van der Waals surface area contributed by atoms with E-state index in [1.54, 1.807) is 0 Å². The molecule has 1 N–H and O–H groups in total. The first kappa shape index (κ1) is 21.5. The van der Waals surface area contributed by atoms with Gasteiger partial charge in [0.2, 0.25) is 0 Å². The SMILES string of the molecule is CCC(C)c1nc(C2CCCCC2)nn1Cc1ccc(-c2ccccc2-c2nnn[nH]2)cc1. The van der Waals surface area contributed by atoms with E-state index in [9.17, 15) is 0 Å². The van der Waals surface area contributed by atoms with Gasteiger partial charge >= 0.3 is 0 Å². The summed E-state index contributed by atoms with van der Waals surface area (Å²) < 4.78 is 2.14. The van der Waals surface area contributed by atoms with Crippen molar-refractivity contribution in [2.75, 3.05) is 0 Å². The van der Waals surface area contributed by atoms with E-state index in [-0.39, 0.29) is 0 Å².